The summed E-state index contributed by atoms with van der Waals surface area (Å²) in [5, 5.41) is 0. The van der Waals surface area contributed by atoms with Gasteiger partial charge in [-0.05, 0) is 31.0 Å². The van der Waals surface area contributed by atoms with Crippen LogP contribution < -0.4 is 9.47 Å². The number of amides is 1. The Morgan fingerprint density at radius 3 is 2.29 bits per heavy atom. The summed E-state index contributed by atoms with van der Waals surface area (Å²) in [5.41, 5.74) is 0.398. The van der Waals surface area contributed by atoms with Crippen LogP contribution >= 0.6 is 0 Å². The quantitative estimate of drug-likeness (QED) is 0.737. The summed E-state index contributed by atoms with van der Waals surface area (Å²) in [5.74, 6) is -0.101. The highest BCUT2D eigenvalue weighted by Crippen LogP contribution is 2.29. The number of rotatable bonds is 8. The van der Waals surface area contributed by atoms with Gasteiger partial charge in [-0.3, -0.25) is 4.79 Å². The van der Waals surface area contributed by atoms with Gasteiger partial charge in [0.1, 0.15) is 0 Å². The zero-order valence-corrected chi connectivity index (χ0v) is 12.6. The lowest BCUT2D eigenvalue weighted by atomic mass is 10.1. The maximum Gasteiger partial charge on any atom is 0.387 e. The second-order valence-electron chi connectivity index (χ2n) is 4.54. The van der Waals surface area contributed by atoms with E-state index in [-0.39, 0.29) is 17.4 Å². The Kier molecular flexibility index (Phi) is 6.91. The van der Waals surface area contributed by atoms with Crippen molar-refractivity contribution in [3.8, 4) is 11.5 Å². The van der Waals surface area contributed by atoms with Gasteiger partial charge in [-0.2, -0.15) is 8.78 Å². The van der Waals surface area contributed by atoms with Crippen LogP contribution in [0.1, 0.15) is 37.0 Å². The first-order valence-corrected chi connectivity index (χ1v) is 6.95. The maximum atomic E-state index is 12.4. The van der Waals surface area contributed by atoms with Crippen molar-refractivity contribution < 1.29 is 23.0 Å². The van der Waals surface area contributed by atoms with Gasteiger partial charge in [0.15, 0.2) is 11.5 Å². The second kappa shape index (κ2) is 8.44. The Balaban J connectivity index is 2.99. The molecule has 0 bridgehead atoms. The lowest BCUT2D eigenvalue weighted by Crippen LogP contribution is -2.32. The highest BCUT2D eigenvalue weighted by molar-refractivity contribution is 5.95. The van der Waals surface area contributed by atoms with E-state index >= 15 is 0 Å². The monoisotopic (exact) mass is 301 g/mol. The molecule has 1 amide bonds. The summed E-state index contributed by atoms with van der Waals surface area (Å²) >= 11 is 0. The molecule has 0 radical (unpaired) electrons. The average Bonchev–Trinajstić information content (AvgIpc) is 2.46. The fourth-order valence-corrected chi connectivity index (χ4v) is 2.03. The summed E-state index contributed by atoms with van der Waals surface area (Å²) in [7, 11) is 1.35. The minimum atomic E-state index is -2.93. The van der Waals surface area contributed by atoms with E-state index in [9.17, 15) is 13.6 Å². The molecule has 0 aliphatic rings. The first-order valence-electron chi connectivity index (χ1n) is 6.95. The SMILES string of the molecule is CCCN(CCC)C(=O)c1ccc(OC(F)F)c(OC)c1. The number of benzene rings is 1. The van der Waals surface area contributed by atoms with Gasteiger partial charge in [0.05, 0.1) is 7.11 Å². The van der Waals surface area contributed by atoms with Gasteiger partial charge < -0.3 is 14.4 Å². The molecule has 4 nitrogen and oxygen atoms in total. The minimum Gasteiger partial charge on any atom is -0.493 e. The molecule has 0 atom stereocenters. The summed E-state index contributed by atoms with van der Waals surface area (Å²) in [4.78, 5) is 14.1. The van der Waals surface area contributed by atoms with Crippen molar-refractivity contribution in [2.45, 2.75) is 33.3 Å². The molecule has 0 saturated carbocycles. The van der Waals surface area contributed by atoms with Crippen LogP contribution in [0.15, 0.2) is 18.2 Å². The van der Waals surface area contributed by atoms with E-state index in [0.29, 0.717) is 18.7 Å². The Labute approximate surface area is 123 Å². The number of ether oxygens (including phenoxy) is 2. The predicted molar refractivity (Wildman–Crippen MR) is 76.1 cm³/mol. The number of methoxy groups -OCH3 is 1. The third kappa shape index (κ3) is 4.88. The lowest BCUT2D eigenvalue weighted by molar-refractivity contribution is -0.0512. The summed E-state index contributed by atoms with van der Waals surface area (Å²) in [6.07, 6.45) is 1.71. The van der Waals surface area contributed by atoms with Gasteiger partial charge in [-0.15, -0.1) is 0 Å². The summed E-state index contributed by atoms with van der Waals surface area (Å²) in [6.45, 7) is 2.37. The molecule has 0 saturated heterocycles. The third-order valence-corrected chi connectivity index (χ3v) is 2.90. The molecule has 0 aliphatic carbocycles. The Hall–Kier alpha value is -1.85. The van der Waals surface area contributed by atoms with Gasteiger partial charge in [-0.25, -0.2) is 0 Å². The highest BCUT2D eigenvalue weighted by Gasteiger charge is 2.18. The van der Waals surface area contributed by atoms with Crippen molar-refractivity contribution >= 4 is 5.91 Å². The number of hydrogen-bond acceptors (Lipinski definition) is 3. The van der Waals surface area contributed by atoms with Crippen LogP contribution in [0.5, 0.6) is 11.5 Å². The first-order chi connectivity index (χ1) is 10.0. The molecule has 1 aromatic carbocycles. The lowest BCUT2D eigenvalue weighted by Gasteiger charge is -2.22. The van der Waals surface area contributed by atoms with Gasteiger partial charge in [-0.1, -0.05) is 13.8 Å². The molecule has 1 rings (SSSR count). The molecule has 0 aromatic heterocycles. The Morgan fingerprint density at radius 2 is 1.81 bits per heavy atom. The van der Waals surface area contributed by atoms with Crippen molar-refractivity contribution in [1.82, 2.24) is 4.90 Å². The molecule has 118 valence electrons. The van der Waals surface area contributed by atoms with Gasteiger partial charge >= 0.3 is 6.61 Å². The van der Waals surface area contributed by atoms with E-state index in [1.807, 2.05) is 13.8 Å². The number of halogens is 2. The van der Waals surface area contributed by atoms with Crippen LogP contribution in [-0.4, -0.2) is 37.6 Å². The molecule has 0 unspecified atom stereocenters. The zero-order valence-electron chi connectivity index (χ0n) is 12.6. The number of alkyl halides is 2. The Bertz CT molecular complexity index is 460. The smallest absolute Gasteiger partial charge is 0.387 e. The summed E-state index contributed by atoms with van der Waals surface area (Å²) in [6, 6.07) is 4.23. The third-order valence-electron chi connectivity index (χ3n) is 2.90. The van der Waals surface area contributed by atoms with Gasteiger partial charge in [0, 0.05) is 18.7 Å². The fraction of sp³-hybridized carbons (Fsp3) is 0.533. The van der Waals surface area contributed by atoms with Gasteiger partial charge in [0.2, 0.25) is 0 Å². The molecular formula is C15H21F2NO3. The van der Waals surface area contributed by atoms with E-state index in [4.69, 9.17) is 4.74 Å². The topological polar surface area (TPSA) is 38.8 Å². The van der Waals surface area contributed by atoms with Crippen molar-refractivity contribution in [1.29, 1.82) is 0 Å². The van der Waals surface area contributed by atoms with E-state index in [1.165, 1.54) is 25.3 Å². The van der Waals surface area contributed by atoms with E-state index < -0.39 is 6.61 Å². The molecule has 0 spiro atoms. The molecule has 6 heteroatoms. The van der Waals surface area contributed by atoms with Crippen LogP contribution in [0, 0.1) is 0 Å². The number of carbonyl (C=O) groups is 1. The van der Waals surface area contributed by atoms with Crippen LogP contribution in [0.2, 0.25) is 0 Å². The fourth-order valence-electron chi connectivity index (χ4n) is 2.03. The second-order valence-corrected chi connectivity index (χ2v) is 4.54. The predicted octanol–water partition coefficient (Wildman–Crippen LogP) is 3.56. The molecule has 1 aromatic rings. The zero-order chi connectivity index (χ0) is 15.8. The van der Waals surface area contributed by atoms with E-state index in [0.717, 1.165) is 12.8 Å². The standard InChI is InChI=1S/C15H21F2NO3/c1-4-8-18(9-5-2)14(19)11-6-7-12(21-15(16)17)13(10-11)20-3/h6-7,10,15H,4-5,8-9H2,1-3H3. The number of carbonyl (C=O) groups excluding carboxylic acids is 1. The van der Waals surface area contributed by atoms with Crippen molar-refractivity contribution in [3.05, 3.63) is 23.8 Å². The Morgan fingerprint density at radius 1 is 1.19 bits per heavy atom. The van der Waals surface area contributed by atoms with Crippen LogP contribution in [-0.2, 0) is 0 Å². The molecule has 0 fully saturated rings. The van der Waals surface area contributed by atoms with E-state index in [2.05, 4.69) is 4.74 Å². The largest absolute Gasteiger partial charge is 0.493 e. The van der Waals surface area contributed by atoms with Crippen molar-refractivity contribution in [3.63, 3.8) is 0 Å². The number of nitrogens with zero attached hydrogens (tertiary/aromatic N) is 1. The summed E-state index contributed by atoms with van der Waals surface area (Å²) < 4.78 is 33.9. The van der Waals surface area contributed by atoms with Crippen molar-refractivity contribution in [2.24, 2.45) is 0 Å². The van der Waals surface area contributed by atoms with Crippen LogP contribution in [0.25, 0.3) is 0 Å². The molecule has 0 heterocycles. The van der Waals surface area contributed by atoms with Crippen LogP contribution in [0.3, 0.4) is 0 Å². The minimum absolute atomic E-state index is 0.0819. The molecule has 0 aliphatic heterocycles. The average molecular weight is 301 g/mol. The highest BCUT2D eigenvalue weighted by atomic mass is 19.3. The number of hydrogen-bond donors (Lipinski definition) is 0. The molecule has 21 heavy (non-hydrogen) atoms. The van der Waals surface area contributed by atoms with E-state index in [1.54, 1.807) is 4.90 Å². The molecular weight excluding hydrogens is 280 g/mol. The normalized spacial score (nSPS) is 10.6. The maximum absolute atomic E-state index is 12.4. The molecule has 0 N–H and O–H groups in total. The van der Waals surface area contributed by atoms with Gasteiger partial charge in [0.25, 0.3) is 5.91 Å². The van der Waals surface area contributed by atoms with Crippen molar-refractivity contribution in [2.75, 3.05) is 20.2 Å². The first kappa shape index (κ1) is 17.2. The van der Waals surface area contributed by atoms with Crippen LogP contribution in [0.4, 0.5) is 8.78 Å².